The Hall–Kier alpha value is -0.640. The molecule has 0 radical (unpaired) electrons. The van der Waals surface area contributed by atoms with Gasteiger partial charge in [0.15, 0.2) is 0 Å². The van der Waals surface area contributed by atoms with Gasteiger partial charge in [0.05, 0.1) is 11.1 Å². The van der Waals surface area contributed by atoms with Gasteiger partial charge in [-0.2, -0.15) is 0 Å². The number of urea groups is 1. The second-order valence-corrected chi connectivity index (χ2v) is 8.48. The third-order valence-electron chi connectivity index (χ3n) is 4.96. The Morgan fingerprint density at radius 1 is 1.58 bits per heavy atom. The highest BCUT2D eigenvalue weighted by Crippen LogP contribution is 2.43. The van der Waals surface area contributed by atoms with E-state index in [0.29, 0.717) is 32.4 Å². The number of carbonyl (C=O) groups is 1. The number of nitrogens with zero attached hydrogens (tertiary/aromatic N) is 1. The first-order valence-electron chi connectivity index (χ1n) is 8.70. The lowest BCUT2D eigenvalue weighted by atomic mass is 9.77. The average Bonchev–Trinajstić information content (AvgIpc) is 2.63. The van der Waals surface area contributed by atoms with E-state index in [0.717, 1.165) is 12.8 Å². The molecule has 1 aliphatic rings. The molecule has 8 heteroatoms. The molecule has 0 bridgehead atoms. The molecule has 2 rings (SSSR count). The second kappa shape index (κ2) is 9.52. The van der Waals surface area contributed by atoms with Gasteiger partial charge in [0.2, 0.25) is 0 Å². The van der Waals surface area contributed by atoms with Gasteiger partial charge in [0, 0.05) is 29.7 Å². The van der Waals surface area contributed by atoms with Crippen molar-refractivity contribution in [3.63, 3.8) is 0 Å². The van der Waals surface area contributed by atoms with E-state index in [9.17, 15) is 14.3 Å². The number of methoxy groups -OCH3 is 1. The molecule has 26 heavy (non-hydrogen) atoms. The van der Waals surface area contributed by atoms with Crippen molar-refractivity contribution in [1.29, 1.82) is 0 Å². The number of piperidine rings is 1. The fraction of sp³-hybridized carbons (Fsp3) is 0.611. The summed E-state index contributed by atoms with van der Waals surface area (Å²) in [7, 11) is 1.61. The van der Waals surface area contributed by atoms with Crippen LogP contribution in [0.15, 0.2) is 18.2 Å². The molecule has 1 aromatic carbocycles. The molecule has 0 aromatic heterocycles. The summed E-state index contributed by atoms with van der Waals surface area (Å²) in [6.45, 7) is 0.990. The van der Waals surface area contributed by atoms with Crippen LogP contribution in [0.2, 0.25) is 5.02 Å². The molecular formula is C18H25ClFIN2O3. The number of hydrogen-bond donors (Lipinski definition) is 2. The van der Waals surface area contributed by atoms with E-state index in [4.69, 9.17) is 22.1 Å². The van der Waals surface area contributed by atoms with E-state index in [-0.39, 0.29) is 14.5 Å². The molecule has 3 N–H and O–H groups in total. The van der Waals surface area contributed by atoms with Gasteiger partial charge in [0.25, 0.3) is 0 Å². The monoisotopic (exact) mass is 498 g/mol. The lowest BCUT2D eigenvalue weighted by Crippen LogP contribution is -2.60. The molecule has 2 unspecified atom stereocenters. The molecule has 3 atom stereocenters. The highest BCUT2D eigenvalue weighted by molar-refractivity contribution is 14.1. The average molecular weight is 499 g/mol. The highest BCUT2D eigenvalue weighted by atomic mass is 127. The summed E-state index contributed by atoms with van der Waals surface area (Å²) < 4.78 is 19.6. The molecule has 146 valence electrons. The lowest BCUT2D eigenvalue weighted by Gasteiger charge is -2.47. The summed E-state index contributed by atoms with van der Waals surface area (Å²) in [5, 5.41) is 11.8. The van der Waals surface area contributed by atoms with Crippen LogP contribution in [0.3, 0.4) is 0 Å². The van der Waals surface area contributed by atoms with Crippen molar-refractivity contribution in [3.8, 4) is 0 Å². The predicted octanol–water partition coefficient (Wildman–Crippen LogP) is 3.83. The van der Waals surface area contributed by atoms with Gasteiger partial charge in [-0.05, 0) is 38.2 Å². The fourth-order valence-electron chi connectivity index (χ4n) is 3.65. The maximum Gasteiger partial charge on any atom is 0.315 e. The van der Waals surface area contributed by atoms with E-state index in [2.05, 4.69) is 22.6 Å². The molecule has 1 fully saturated rings. The summed E-state index contributed by atoms with van der Waals surface area (Å²) in [5.41, 5.74) is 4.07. The SMILES string of the molecule is COCCCC(I)[C@](O)(c1cccc(Cl)c1F)C1CCCCN1C(N)=O. The van der Waals surface area contributed by atoms with Crippen LogP contribution in [-0.4, -0.2) is 46.3 Å². The minimum atomic E-state index is -1.60. The quantitative estimate of drug-likeness (QED) is 0.341. The number of hydrogen-bond acceptors (Lipinski definition) is 3. The number of amides is 2. The number of alkyl halides is 1. The van der Waals surface area contributed by atoms with Crippen LogP contribution in [0.1, 0.15) is 37.7 Å². The smallest absolute Gasteiger partial charge is 0.315 e. The Morgan fingerprint density at radius 3 is 2.96 bits per heavy atom. The highest BCUT2D eigenvalue weighted by Gasteiger charge is 2.50. The van der Waals surface area contributed by atoms with Crippen LogP contribution in [0.25, 0.3) is 0 Å². The van der Waals surface area contributed by atoms with E-state index < -0.39 is 23.5 Å². The van der Waals surface area contributed by atoms with Crippen LogP contribution in [0.4, 0.5) is 9.18 Å². The van der Waals surface area contributed by atoms with Crippen LogP contribution in [-0.2, 0) is 10.3 Å². The van der Waals surface area contributed by atoms with Crippen molar-refractivity contribution in [2.75, 3.05) is 20.3 Å². The van der Waals surface area contributed by atoms with E-state index in [1.54, 1.807) is 13.2 Å². The molecule has 1 aromatic rings. The molecule has 0 spiro atoms. The first-order valence-corrected chi connectivity index (χ1v) is 10.3. The number of benzene rings is 1. The normalized spacial score (nSPS) is 21.3. The van der Waals surface area contributed by atoms with Crippen molar-refractivity contribution in [3.05, 3.63) is 34.6 Å². The minimum absolute atomic E-state index is 0.0529. The second-order valence-electron chi connectivity index (χ2n) is 6.57. The van der Waals surface area contributed by atoms with E-state index in [1.165, 1.54) is 17.0 Å². The molecule has 0 saturated carbocycles. The molecule has 1 heterocycles. The van der Waals surface area contributed by atoms with Gasteiger partial charge in [-0.25, -0.2) is 9.18 Å². The Kier molecular flexibility index (Phi) is 7.93. The number of ether oxygens (including phenoxy) is 1. The summed E-state index contributed by atoms with van der Waals surface area (Å²) in [6, 6.07) is 3.39. The lowest BCUT2D eigenvalue weighted by molar-refractivity contribution is -0.0542. The third kappa shape index (κ3) is 4.43. The number of carbonyl (C=O) groups excluding carboxylic acids is 1. The molecule has 2 amide bonds. The molecule has 0 aliphatic carbocycles. The van der Waals surface area contributed by atoms with Crippen LogP contribution >= 0.6 is 34.2 Å². The summed E-state index contributed by atoms with van der Waals surface area (Å²) in [4.78, 5) is 13.4. The van der Waals surface area contributed by atoms with Crippen LogP contribution in [0, 0.1) is 5.82 Å². The maximum absolute atomic E-state index is 14.9. The molecule has 1 saturated heterocycles. The summed E-state index contributed by atoms with van der Waals surface area (Å²) >= 11 is 8.11. The number of aliphatic hydroxyl groups is 1. The standard InChI is InChI=1S/C18H25ClFIN2O3/c1-26-11-5-8-14(21)18(25,12-6-4-7-13(19)16(12)20)15-9-2-3-10-23(15)17(22)24/h4,6-7,14-15,25H,2-3,5,8-11H2,1H3,(H2,22,24)/t14?,15?,18-/m1/s1. The van der Waals surface area contributed by atoms with Gasteiger partial charge in [-0.3, -0.25) is 0 Å². The number of likely N-dealkylation sites (tertiary alicyclic amines) is 1. The van der Waals surface area contributed by atoms with Gasteiger partial charge < -0.3 is 20.5 Å². The molecule has 1 aliphatic heterocycles. The number of halogens is 3. The maximum atomic E-state index is 14.9. The minimum Gasteiger partial charge on any atom is -0.385 e. The van der Waals surface area contributed by atoms with E-state index >= 15 is 0 Å². The first-order chi connectivity index (χ1) is 12.3. The first kappa shape index (κ1) is 21.7. The Labute approximate surface area is 172 Å². The van der Waals surface area contributed by atoms with Gasteiger partial charge in [-0.15, -0.1) is 0 Å². The zero-order valence-electron chi connectivity index (χ0n) is 14.8. The van der Waals surface area contributed by atoms with E-state index in [1.807, 2.05) is 0 Å². The Morgan fingerprint density at radius 2 is 2.31 bits per heavy atom. The third-order valence-corrected chi connectivity index (χ3v) is 6.82. The van der Waals surface area contributed by atoms with Gasteiger partial charge in [0.1, 0.15) is 11.4 Å². The van der Waals surface area contributed by atoms with Crippen molar-refractivity contribution >= 4 is 40.2 Å². The zero-order chi connectivity index (χ0) is 19.3. The number of nitrogens with two attached hydrogens (primary N) is 1. The van der Waals surface area contributed by atoms with Crippen molar-refractivity contribution in [2.24, 2.45) is 5.73 Å². The largest absolute Gasteiger partial charge is 0.385 e. The Bertz CT molecular complexity index is 636. The van der Waals surface area contributed by atoms with Crippen molar-refractivity contribution < 1.29 is 19.0 Å². The van der Waals surface area contributed by atoms with Crippen molar-refractivity contribution in [2.45, 2.75) is 47.7 Å². The van der Waals surface area contributed by atoms with Gasteiger partial charge >= 0.3 is 6.03 Å². The summed E-state index contributed by atoms with van der Waals surface area (Å²) in [5.74, 6) is -0.653. The Balaban J connectivity index is 2.49. The fourth-order valence-corrected chi connectivity index (χ4v) is 5.02. The van der Waals surface area contributed by atoms with Gasteiger partial charge in [-0.1, -0.05) is 46.3 Å². The van der Waals surface area contributed by atoms with Crippen LogP contribution < -0.4 is 5.73 Å². The number of primary amides is 1. The van der Waals surface area contributed by atoms with Crippen LogP contribution in [0.5, 0.6) is 0 Å². The predicted molar refractivity (Wildman–Crippen MR) is 108 cm³/mol. The number of rotatable bonds is 7. The summed E-state index contributed by atoms with van der Waals surface area (Å²) in [6.07, 6.45) is 3.50. The zero-order valence-corrected chi connectivity index (χ0v) is 17.7. The topological polar surface area (TPSA) is 75.8 Å². The molecule has 5 nitrogen and oxygen atoms in total. The molecular weight excluding hydrogens is 474 g/mol. The van der Waals surface area contributed by atoms with Crippen molar-refractivity contribution in [1.82, 2.24) is 4.90 Å².